The molecule has 0 aliphatic heterocycles. The van der Waals surface area contributed by atoms with Crippen molar-refractivity contribution < 1.29 is 0 Å². The summed E-state index contributed by atoms with van der Waals surface area (Å²) in [4.78, 5) is 0. The predicted octanol–water partition coefficient (Wildman–Crippen LogP) is 3.05. The summed E-state index contributed by atoms with van der Waals surface area (Å²) in [5.74, 6) is 0.724. The van der Waals surface area contributed by atoms with Gasteiger partial charge >= 0.3 is 0 Å². The predicted molar refractivity (Wildman–Crippen MR) is 41.8 cm³/mol. The van der Waals surface area contributed by atoms with Gasteiger partial charge in [-0.15, -0.1) is 11.6 Å². The monoisotopic (exact) mass is 146 g/mol. The molecule has 0 bridgehead atoms. The van der Waals surface area contributed by atoms with Crippen LogP contribution in [0.15, 0.2) is 0 Å². The average Bonchev–Trinajstić information content (AvgIpc) is 1.97. The topological polar surface area (TPSA) is 0 Å². The van der Waals surface area contributed by atoms with E-state index in [0.717, 1.165) is 5.92 Å². The van der Waals surface area contributed by atoms with Gasteiger partial charge in [-0.3, -0.25) is 0 Å². The first kappa shape index (κ1) is 7.40. The molecule has 0 nitrogen and oxygen atoms in total. The second-order valence-electron chi connectivity index (χ2n) is 3.91. The van der Waals surface area contributed by atoms with Gasteiger partial charge in [0.2, 0.25) is 0 Å². The molecule has 1 heteroatoms. The van der Waals surface area contributed by atoms with Gasteiger partial charge in [0.1, 0.15) is 0 Å². The molecule has 0 radical (unpaired) electrons. The van der Waals surface area contributed by atoms with Crippen LogP contribution in [0.2, 0.25) is 0 Å². The Morgan fingerprint density at radius 1 is 1.44 bits per heavy atom. The van der Waals surface area contributed by atoms with E-state index in [4.69, 9.17) is 11.6 Å². The van der Waals surface area contributed by atoms with E-state index in [0.29, 0.717) is 10.8 Å². The zero-order valence-electron chi connectivity index (χ0n) is 6.45. The Labute approximate surface area is 62.6 Å². The molecule has 1 fully saturated rings. The van der Waals surface area contributed by atoms with Gasteiger partial charge in [0.05, 0.1) is 0 Å². The fourth-order valence-corrected chi connectivity index (χ4v) is 1.89. The molecule has 1 aliphatic rings. The quantitative estimate of drug-likeness (QED) is 0.461. The fourth-order valence-electron chi connectivity index (χ4n) is 1.65. The van der Waals surface area contributed by atoms with Crippen molar-refractivity contribution in [3.63, 3.8) is 0 Å². The molecule has 2 atom stereocenters. The third kappa shape index (κ3) is 1.24. The van der Waals surface area contributed by atoms with Crippen LogP contribution in [0.25, 0.3) is 0 Å². The first-order valence-electron chi connectivity index (χ1n) is 3.68. The number of hydrogen-bond donors (Lipinski definition) is 0. The molecule has 9 heavy (non-hydrogen) atoms. The van der Waals surface area contributed by atoms with E-state index < -0.39 is 0 Å². The lowest BCUT2D eigenvalue weighted by Crippen LogP contribution is -2.20. The van der Waals surface area contributed by atoms with Crippen molar-refractivity contribution >= 4 is 11.6 Å². The summed E-state index contributed by atoms with van der Waals surface area (Å²) in [5, 5.41) is 0.400. The van der Waals surface area contributed by atoms with Crippen molar-refractivity contribution in [3.8, 4) is 0 Å². The molecule has 0 N–H and O–H groups in total. The van der Waals surface area contributed by atoms with Crippen molar-refractivity contribution in [2.45, 2.75) is 39.0 Å². The number of halogens is 1. The zero-order chi connectivity index (χ0) is 7.07. The molecule has 0 spiro atoms. The first-order chi connectivity index (χ1) is 4.04. The zero-order valence-corrected chi connectivity index (χ0v) is 7.20. The summed E-state index contributed by atoms with van der Waals surface area (Å²) in [7, 11) is 0. The Kier molecular flexibility index (Phi) is 1.77. The van der Waals surface area contributed by atoms with Gasteiger partial charge in [0, 0.05) is 5.38 Å². The Morgan fingerprint density at radius 2 is 2.00 bits per heavy atom. The third-order valence-electron chi connectivity index (χ3n) is 2.49. The minimum Gasteiger partial charge on any atom is -0.122 e. The minimum atomic E-state index is 0.390. The van der Waals surface area contributed by atoms with Gasteiger partial charge in [-0.1, -0.05) is 20.8 Å². The summed E-state index contributed by atoms with van der Waals surface area (Å²) in [6.07, 6.45) is 2.60. The summed E-state index contributed by atoms with van der Waals surface area (Å²) < 4.78 is 0. The molecule has 0 aromatic rings. The SMILES string of the molecule is C[C@H]1CCC(C)(C)[C@H]1Cl. The molecule has 54 valence electrons. The van der Waals surface area contributed by atoms with Crippen molar-refractivity contribution in [1.82, 2.24) is 0 Å². The number of alkyl halides is 1. The van der Waals surface area contributed by atoms with E-state index in [2.05, 4.69) is 20.8 Å². The molecule has 0 unspecified atom stereocenters. The first-order valence-corrected chi connectivity index (χ1v) is 4.12. The Bertz CT molecular complexity index is 107. The van der Waals surface area contributed by atoms with Crippen molar-refractivity contribution in [3.05, 3.63) is 0 Å². The van der Waals surface area contributed by atoms with Crippen LogP contribution in [-0.4, -0.2) is 5.38 Å². The molecule has 0 aromatic carbocycles. The second-order valence-corrected chi connectivity index (χ2v) is 4.38. The van der Waals surface area contributed by atoms with Crippen LogP contribution in [0.3, 0.4) is 0 Å². The van der Waals surface area contributed by atoms with Gasteiger partial charge in [-0.05, 0) is 24.2 Å². The summed E-state index contributed by atoms with van der Waals surface area (Å²) in [5.41, 5.74) is 0.390. The molecule has 1 rings (SSSR count). The van der Waals surface area contributed by atoms with Crippen molar-refractivity contribution in [2.75, 3.05) is 0 Å². The van der Waals surface area contributed by atoms with E-state index in [1.807, 2.05) is 0 Å². The van der Waals surface area contributed by atoms with Crippen LogP contribution in [0.1, 0.15) is 33.6 Å². The Hall–Kier alpha value is 0.290. The Balaban J connectivity index is 2.62. The Morgan fingerprint density at radius 3 is 2.11 bits per heavy atom. The van der Waals surface area contributed by atoms with Gasteiger partial charge in [0.25, 0.3) is 0 Å². The van der Waals surface area contributed by atoms with Crippen molar-refractivity contribution in [2.24, 2.45) is 11.3 Å². The third-order valence-corrected chi connectivity index (χ3v) is 3.51. The summed E-state index contributed by atoms with van der Waals surface area (Å²) in [6, 6.07) is 0. The van der Waals surface area contributed by atoms with Crippen LogP contribution >= 0.6 is 11.6 Å². The maximum absolute atomic E-state index is 6.15. The van der Waals surface area contributed by atoms with Crippen LogP contribution in [0, 0.1) is 11.3 Å². The maximum Gasteiger partial charge on any atom is 0.0412 e. The van der Waals surface area contributed by atoms with E-state index >= 15 is 0 Å². The van der Waals surface area contributed by atoms with Gasteiger partial charge in [-0.2, -0.15) is 0 Å². The molecule has 1 aliphatic carbocycles. The average molecular weight is 147 g/mol. The standard InChI is InChI=1S/C8H15Cl/c1-6-4-5-8(2,3)7(6)9/h6-7H,4-5H2,1-3H3/t6-,7-/m0/s1. The van der Waals surface area contributed by atoms with Gasteiger partial charge in [0.15, 0.2) is 0 Å². The molecule has 0 aromatic heterocycles. The normalized spacial score (nSPS) is 41.3. The summed E-state index contributed by atoms with van der Waals surface area (Å²) in [6.45, 7) is 6.76. The van der Waals surface area contributed by atoms with Crippen LogP contribution in [0.5, 0.6) is 0 Å². The molecular formula is C8H15Cl. The van der Waals surface area contributed by atoms with Gasteiger partial charge in [-0.25, -0.2) is 0 Å². The van der Waals surface area contributed by atoms with Crippen LogP contribution in [0.4, 0.5) is 0 Å². The number of rotatable bonds is 0. The molecule has 1 saturated carbocycles. The highest BCUT2D eigenvalue weighted by molar-refractivity contribution is 6.21. The lowest BCUT2D eigenvalue weighted by atomic mass is 9.90. The number of hydrogen-bond acceptors (Lipinski definition) is 0. The van der Waals surface area contributed by atoms with E-state index in [9.17, 15) is 0 Å². The molecule has 0 amide bonds. The highest BCUT2D eigenvalue weighted by Crippen LogP contribution is 2.44. The maximum atomic E-state index is 6.15. The highest BCUT2D eigenvalue weighted by atomic mass is 35.5. The second kappa shape index (κ2) is 2.16. The van der Waals surface area contributed by atoms with Gasteiger partial charge < -0.3 is 0 Å². The van der Waals surface area contributed by atoms with E-state index in [1.54, 1.807) is 0 Å². The fraction of sp³-hybridized carbons (Fsp3) is 1.00. The van der Waals surface area contributed by atoms with Crippen LogP contribution < -0.4 is 0 Å². The van der Waals surface area contributed by atoms with E-state index in [-0.39, 0.29) is 0 Å². The molecule has 0 heterocycles. The van der Waals surface area contributed by atoms with E-state index in [1.165, 1.54) is 12.8 Å². The largest absolute Gasteiger partial charge is 0.122 e. The lowest BCUT2D eigenvalue weighted by Gasteiger charge is -2.22. The highest BCUT2D eigenvalue weighted by Gasteiger charge is 2.37. The summed E-state index contributed by atoms with van der Waals surface area (Å²) >= 11 is 6.15. The lowest BCUT2D eigenvalue weighted by molar-refractivity contribution is 0.374. The minimum absolute atomic E-state index is 0.390. The van der Waals surface area contributed by atoms with Crippen molar-refractivity contribution in [1.29, 1.82) is 0 Å². The smallest absolute Gasteiger partial charge is 0.0412 e. The molecule has 0 saturated heterocycles. The molecular weight excluding hydrogens is 132 g/mol. The van der Waals surface area contributed by atoms with Crippen LogP contribution in [-0.2, 0) is 0 Å².